The van der Waals surface area contributed by atoms with Gasteiger partial charge in [0.2, 0.25) is 0 Å². The molecule has 21 heavy (non-hydrogen) atoms. The molecule has 2 amide bonds. The zero-order chi connectivity index (χ0) is 15.6. The van der Waals surface area contributed by atoms with Gasteiger partial charge in [-0.2, -0.15) is 0 Å². The highest BCUT2D eigenvalue weighted by molar-refractivity contribution is 9.12. The van der Waals surface area contributed by atoms with E-state index in [4.69, 9.17) is 10.5 Å². The molecule has 0 bridgehead atoms. The van der Waals surface area contributed by atoms with E-state index in [1.165, 1.54) is 17.1 Å². The van der Waals surface area contributed by atoms with Crippen LogP contribution < -0.4 is 5.73 Å². The predicted molar refractivity (Wildman–Crippen MR) is 85.6 cm³/mol. The number of carbonyl (C=O) groups excluding carboxylic acids is 2. The Morgan fingerprint density at radius 3 is 2.57 bits per heavy atom. The monoisotopic (exact) mass is 421 g/mol. The number of allylic oxidation sites excluding steroid dienone is 2. The maximum atomic E-state index is 12.8. The van der Waals surface area contributed by atoms with Crippen LogP contribution in [0.4, 0.5) is 4.79 Å². The van der Waals surface area contributed by atoms with Gasteiger partial charge in [-0.1, -0.05) is 22.0 Å². The van der Waals surface area contributed by atoms with Gasteiger partial charge < -0.3 is 10.5 Å². The first-order valence-corrected chi connectivity index (χ1v) is 8.34. The maximum absolute atomic E-state index is 12.8. The number of hydrogen-bond acceptors (Lipinski definition) is 4. The van der Waals surface area contributed by atoms with Crippen LogP contribution in [0.15, 0.2) is 21.8 Å². The lowest BCUT2D eigenvalue weighted by Crippen LogP contribution is -2.54. The SMILES string of the molecule is COC(=O)N1CCCCN1C(=O)C1=C(N)C(Br)=CC(Br)C1. The molecule has 0 spiro atoms. The van der Waals surface area contributed by atoms with Crippen molar-refractivity contribution in [3.8, 4) is 0 Å². The summed E-state index contributed by atoms with van der Waals surface area (Å²) in [4.78, 5) is 24.6. The van der Waals surface area contributed by atoms with Crippen LogP contribution in [0.25, 0.3) is 0 Å². The smallest absolute Gasteiger partial charge is 0.428 e. The minimum absolute atomic E-state index is 0.0366. The van der Waals surface area contributed by atoms with Gasteiger partial charge in [-0.05, 0) is 35.2 Å². The van der Waals surface area contributed by atoms with Gasteiger partial charge in [0, 0.05) is 28.0 Å². The van der Waals surface area contributed by atoms with Crippen molar-refractivity contribution in [2.75, 3.05) is 20.2 Å². The van der Waals surface area contributed by atoms with Gasteiger partial charge >= 0.3 is 6.09 Å². The van der Waals surface area contributed by atoms with Crippen LogP contribution in [-0.4, -0.2) is 47.0 Å². The van der Waals surface area contributed by atoms with Crippen molar-refractivity contribution >= 4 is 43.9 Å². The van der Waals surface area contributed by atoms with E-state index in [0.29, 0.717) is 35.3 Å². The Labute approximate surface area is 140 Å². The van der Waals surface area contributed by atoms with Crippen LogP contribution in [0.5, 0.6) is 0 Å². The number of hydrazine groups is 1. The van der Waals surface area contributed by atoms with Gasteiger partial charge in [-0.15, -0.1) is 0 Å². The molecule has 1 fully saturated rings. The molecule has 0 aromatic heterocycles. The van der Waals surface area contributed by atoms with E-state index in [2.05, 4.69) is 31.9 Å². The third-order valence-electron chi connectivity index (χ3n) is 3.47. The molecule has 8 heteroatoms. The molecule has 0 radical (unpaired) electrons. The van der Waals surface area contributed by atoms with E-state index < -0.39 is 6.09 Å². The zero-order valence-corrected chi connectivity index (χ0v) is 14.8. The number of amides is 2. The van der Waals surface area contributed by atoms with Gasteiger partial charge in [-0.25, -0.2) is 14.8 Å². The minimum Gasteiger partial charge on any atom is -0.452 e. The van der Waals surface area contributed by atoms with Crippen LogP contribution in [0.2, 0.25) is 0 Å². The third-order valence-corrected chi connectivity index (χ3v) is 4.75. The van der Waals surface area contributed by atoms with Crippen molar-refractivity contribution in [2.45, 2.75) is 24.1 Å². The second-order valence-corrected chi connectivity index (χ2v) is 6.89. The van der Waals surface area contributed by atoms with Gasteiger partial charge in [0.05, 0.1) is 12.8 Å². The summed E-state index contributed by atoms with van der Waals surface area (Å²) >= 11 is 6.83. The topological polar surface area (TPSA) is 75.9 Å². The van der Waals surface area contributed by atoms with Crippen LogP contribution in [0.3, 0.4) is 0 Å². The van der Waals surface area contributed by atoms with Gasteiger partial charge in [0.15, 0.2) is 0 Å². The Morgan fingerprint density at radius 2 is 1.95 bits per heavy atom. The Kier molecular flexibility index (Phi) is 5.32. The first kappa shape index (κ1) is 16.4. The summed E-state index contributed by atoms with van der Waals surface area (Å²) in [6, 6.07) is 0. The molecule has 6 nitrogen and oxygen atoms in total. The van der Waals surface area contributed by atoms with Crippen molar-refractivity contribution < 1.29 is 14.3 Å². The highest BCUT2D eigenvalue weighted by Crippen LogP contribution is 2.31. The van der Waals surface area contributed by atoms with E-state index in [-0.39, 0.29) is 10.7 Å². The highest BCUT2D eigenvalue weighted by Gasteiger charge is 2.33. The number of ether oxygens (including phenoxy) is 1. The molecule has 1 heterocycles. The Bertz CT molecular complexity index is 519. The molecular weight excluding hydrogens is 406 g/mol. The average molecular weight is 423 g/mol. The molecule has 2 aliphatic rings. The number of methoxy groups -OCH3 is 1. The standard InChI is InChI=1S/C13H17Br2N3O3/c1-21-13(20)18-5-3-2-4-17(18)12(19)9-6-8(14)7-10(15)11(9)16/h7-8H,2-6,16H2,1H3. The normalized spacial score (nSPS) is 23.0. The quantitative estimate of drug-likeness (QED) is 0.657. The first-order chi connectivity index (χ1) is 9.95. The number of carbonyl (C=O) groups is 2. The molecule has 0 saturated carbocycles. The summed E-state index contributed by atoms with van der Waals surface area (Å²) in [5, 5.41) is 2.78. The van der Waals surface area contributed by atoms with Crippen molar-refractivity contribution in [3.05, 3.63) is 21.8 Å². The second-order valence-electron chi connectivity index (χ2n) is 4.86. The molecule has 0 aromatic carbocycles. The Balaban J connectivity index is 2.27. The van der Waals surface area contributed by atoms with E-state index >= 15 is 0 Å². The fourth-order valence-corrected chi connectivity index (χ4v) is 3.89. The molecule has 2 rings (SSSR count). The first-order valence-electron chi connectivity index (χ1n) is 6.63. The summed E-state index contributed by atoms with van der Waals surface area (Å²) in [5.41, 5.74) is 6.93. The number of hydrogen-bond donors (Lipinski definition) is 1. The molecular formula is C13H17Br2N3O3. The summed E-state index contributed by atoms with van der Waals surface area (Å²) in [5.74, 6) is -0.243. The van der Waals surface area contributed by atoms with Gasteiger partial charge in [0.25, 0.3) is 5.91 Å². The number of halogens is 2. The molecule has 1 saturated heterocycles. The predicted octanol–water partition coefficient (Wildman–Crippen LogP) is 2.25. The fraction of sp³-hybridized carbons (Fsp3) is 0.538. The second kappa shape index (κ2) is 6.83. The van der Waals surface area contributed by atoms with E-state index in [9.17, 15) is 9.59 Å². The van der Waals surface area contributed by atoms with Gasteiger partial charge in [-0.3, -0.25) is 4.79 Å². The zero-order valence-electron chi connectivity index (χ0n) is 11.6. The molecule has 0 aromatic rings. The minimum atomic E-state index is -0.525. The van der Waals surface area contributed by atoms with Crippen molar-refractivity contribution in [1.29, 1.82) is 0 Å². The molecule has 1 aliphatic heterocycles. The van der Waals surface area contributed by atoms with Gasteiger partial charge in [0.1, 0.15) is 0 Å². The molecule has 1 atom stereocenters. The number of rotatable bonds is 1. The lowest BCUT2D eigenvalue weighted by Gasteiger charge is -2.38. The van der Waals surface area contributed by atoms with Crippen LogP contribution in [-0.2, 0) is 9.53 Å². The molecule has 1 aliphatic carbocycles. The summed E-state index contributed by atoms with van der Waals surface area (Å²) < 4.78 is 5.44. The van der Waals surface area contributed by atoms with Crippen molar-refractivity contribution in [1.82, 2.24) is 10.0 Å². The highest BCUT2D eigenvalue weighted by atomic mass is 79.9. The van der Waals surface area contributed by atoms with E-state index in [1.807, 2.05) is 6.08 Å². The largest absolute Gasteiger partial charge is 0.452 e. The number of alkyl halides is 1. The summed E-state index contributed by atoms with van der Waals surface area (Å²) in [7, 11) is 1.31. The van der Waals surface area contributed by atoms with Crippen molar-refractivity contribution in [3.63, 3.8) is 0 Å². The lowest BCUT2D eigenvalue weighted by molar-refractivity contribution is -0.145. The van der Waals surface area contributed by atoms with Crippen LogP contribution in [0, 0.1) is 0 Å². The molecule has 2 N–H and O–H groups in total. The Morgan fingerprint density at radius 1 is 1.33 bits per heavy atom. The number of nitrogens with two attached hydrogens (primary N) is 1. The maximum Gasteiger partial charge on any atom is 0.428 e. The van der Waals surface area contributed by atoms with E-state index in [1.54, 1.807) is 0 Å². The lowest BCUT2D eigenvalue weighted by atomic mass is 10.0. The van der Waals surface area contributed by atoms with E-state index in [0.717, 1.165) is 12.8 Å². The fourth-order valence-electron chi connectivity index (χ4n) is 2.39. The molecule has 1 unspecified atom stereocenters. The summed E-state index contributed by atoms with van der Waals surface area (Å²) in [6.07, 6.45) is 3.56. The van der Waals surface area contributed by atoms with Crippen molar-refractivity contribution in [2.24, 2.45) is 5.73 Å². The third kappa shape index (κ3) is 3.42. The van der Waals surface area contributed by atoms with Crippen LogP contribution >= 0.6 is 31.9 Å². The summed E-state index contributed by atoms with van der Waals surface area (Å²) in [6.45, 7) is 0.958. The average Bonchev–Trinajstić information content (AvgIpc) is 2.49. The number of nitrogens with zero attached hydrogens (tertiary/aromatic N) is 2. The Hall–Kier alpha value is -1.02. The molecule has 116 valence electrons. The van der Waals surface area contributed by atoms with Crippen LogP contribution in [0.1, 0.15) is 19.3 Å².